The van der Waals surface area contributed by atoms with Gasteiger partial charge < -0.3 is 4.98 Å². The highest BCUT2D eigenvalue weighted by atomic mass is 16.1. The van der Waals surface area contributed by atoms with E-state index in [9.17, 15) is 4.79 Å². The molecular formula is C21H19N3O. The third kappa shape index (κ3) is 2.76. The first-order valence-electron chi connectivity index (χ1n) is 8.33. The number of aromatic amines is 1. The normalized spacial score (nSPS) is 11.1. The molecule has 2 aromatic carbocycles. The highest BCUT2D eigenvalue weighted by Gasteiger charge is 2.15. The molecule has 0 amide bonds. The molecule has 1 N–H and O–H groups in total. The molecule has 0 saturated heterocycles. The van der Waals surface area contributed by atoms with Gasteiger partial charge in [0.25, 0.3) is 5.56 Å². The van der Waals surface area contributed by atoms with Gasteiger partial charge in [-0.1, -0.05) is 54.6 Å². The second kappa shape index (κ2) is 6.06. The number of hydrogen-bond donors (Lipinski definition) is 1. The number of fused-ring (bicyclic) bond motifs is 1. The van der Waals surface area contributed by atoms with Crippen LogP contribution in [0.5, 0.6) is 0 Å². The van der Waals surface area contributed by atoms with Crippen LogP contribution < -0.4 is 5.56 Å². The van der Waals surface area contributed by atoms with Gasteiger partial charge in [-0.3, -0.25) is 9.36 Å². The topological polar surface area (TPSA) is 50.7 Å². The van der Waals surface area contributed by atoms with E-state index in [1.54, 1.807) is 4.57 Å². The van der Waals surface area contributed by atoms with Crippen LogP contribution in [0, 0.1) is 13.8 Å². The molecule has 0 radical (unpaired) electrons. The van der Waals surface area contributed by atoms with Crippen molar-refractivity contribution in [2.24, 2.45) is 0 Å². The van der Waals surface area contributed by atoms with Crippen molar-refractivity contribution >= 4 is 11.0 Å². The van der Waals surface area contributed by atoms with Gasteiger partial charge in [-0.05, 0) is 31.0 Å². The predicted octanol–water partition coefficient (Wildman–Crippen LogP) is 4.06. The summed E-state index contributed by atoms with van der Waals surface area (Å²) in [6.45, 7) is 4.51. The Hall–Kier alpha value is -3.14. The second-order valence-corrected chi connectivity index (χ2v) is 6.33. The molecule has 0 saturated carbocycles. The van der Waals surface area contributed by atoms with Gasteiger partial charge in [-0.2, -0.15) is 0 Å². The molecule has 0 aliphatic carbocycles. The van der Waals surface area contributed by atoms with E-state index in [1.807, 2.05) is 55.5 Å². The summed E-state index contributed by atoms with van der Waals surface area (Å²) >= 11 is 0. The second-order valence-electron chi connectivity index (χ2n) is 6.33. The van der Waals surface area contributed by atoms with Crippen molar-refractivity contribution in [2.75, 3.05) is 0 Å². The fourth-order valence-corrected chi connectivity index (χ4v) is 3.15. The number of benzene rings is 2. The van der Waals surface area contributed by atoms with Crippen molar-refractivity contribution in [3.05, 3.63) is 87.8 Å². The summed E-state index contributed by atoms with van der Waals surface area (Å²) < 4.78 is 1.77. The summed E-state index contributed by atoms with van der Waals surface area (Å²) in [6, 6.07) is 19.9. The molecule has 0 atom stereocenters. The zero-order valence-corrected chi connectivity index (χ0v) is 14.3. The molecule has 0 unspecified atom stereocenters. The summed E-state index contributed by atoms with van der Waals surface area (Å²) in [5.41, 5.74) is 4.78. The van der Waals surface area contributed by atoms with E-state index in [1.165, 1.54) is 5.56 Å². The number of nitrogens with zero attached hydrogens (tertiary/aromatic N) is 2. The Balaban J connectivity index is 1.99. The van der Waals surface area contributed by atoms with Gasteiger partial charge in [0.2, 0.25) is 0 Å². The lowest BCUT2D eigenvalue weighted by molar-refractivity contribution is 0.755. The minimum Gasteiger partial charge on any atom is -0.343 e. The minimum atomic E-state index is -0.0172. The lowest BCUT2D eigenvalue weighted by Gasteiger charge is -2.14. The summed E-state index contributed by atoms with van der Waals surface area (Å²) in [7, 11) is 0. The van der Waals surface area contributed by atoms with Crippen LogP contribution in [0.2, 0.25) is 0 Å². The standard InChI is InChI=1S/C21H19N3O/c1-14-8-6-7-11-17(14)13-24-20(16-9-4-3-5-10-16)23-19-18(21(24)25)12-15(2)22-19/h3-12,22H,13H2,1-2H3. The Bertz CT molecular complexity index is 1110. The van der Waals surface area contributed by atoms with E-state index in [4.69, 9.17) is 4.98 Å². The van der Waals surface area contributed by atoms with E-state index in [0.29, 0.717) is 23.4 Å². The van der Waals surface area contributed by atoms with Crippen LogP contribution in [-0.2, 0) is 6.54 Å². The van der Waals surface area contributed by atoms with Gasteiger partial charge in [-0.25, -0.2) is 4.98 Å². The molecule has 0 aliphatic heterocycles. The molecule has 0 aliphatic rings. The van der Waals surface area contributed by atoms with E-state index >= 15 is 0 Å². The van der Waals surface area contributed by atoms with Crippen LogP contribution in [0.15, 0.2) is 65.5 Å². The fourth-order valence-electron chi connectivity index (χ4n) is 3.15. The first-order valence-corrected chi connectivity index (χ1v) is 8.33. The average Bonchev–Trinajstić information content (AvgIpc) is 3.00. The Kier molecular flexibility index (Phi) is 3.73. The highest BCUT2D eigenvalue weighted by molar-refractivity contribution is 5.78. The molecule has 4 nitrogen and oxygen atoms in total. The SMILES string of the molecule is Cc1cc2c(=O)n(Cc3ccccc3C)c(-c3ccccc3)nc2[nH]1. The van der Waals surface area contributed by atoms with Crippen molar-refractivity contribution in [1.29, 1.82) is 0 Å². The minimum absolute atomic E-state index is 0.0172. The average molecular weight is 329 g/mol. The molecule has 4 aromatic rings. The number of rotatable bonds is 3. The lowest BCUT2D eigenvalue weighted by atomic mass is 10.1. The van der Waals surface area contributed by atoms with Crippen LogP contribution in [0.1, 0.15) is 16.8 Å². The molecule has 0 fully saturated rings. The molecule has 4 rings (SSSR count). The van der Waals surface area contributed by atoms with Crippen LogP contribution in [0.4, 0.5) is 0 Å². The lowest BCUT2D eigenvalue weighted by Crippen LogP contribution is -2.24. The molecule has 2 aromatic heterocycles. The molecule has 2 heterocycles. The Labute approximate surface area is 145 Å². The van der Waals surface area contributed by atoms with Gasteiger partial charge in [0, 0.05) is 11.3 Å². The zero-order chi connectivity index (χ0) is 17.4. The van der Waals surface area contributed by atoms with Crippen LogP contribution in [0.25, 0.3) is 22.4 Å². The van der Waals surface area contributed by atoms with E-state index in [-0.39, 0.29) is 5.56 Å². The van der Waals surface area contributed by atoms with Gasteiger partial charge in [0.1, 0.15) is 11.5 Å². The smallest absolute Gasteiger partial charge is 0.263 e. The number of nitrogens with one attached hydrogen (secondary N) is 1. The number of aromatic nitrogens is 3. The molecular weight excluding hydrogens is 310 g/mol. The fraction of sp³-hybridized carbons (Fsp3) is 0.143. The van der Waals surface area contributed by atoms with Crippen molar-refractivity contribution in [1.82, 2.24) is 14.5 Å². The first-order chi connectivity index (χ1) is 12.1. The summed E-state index contributed by atoms with van der Waals surface area (Å²) in [6.07, 6.45) is 0. The van der Waals surface area contributed by atoms with Crippen molar-refractivity contribution in [3.8, 4) is 11.4 Å². The zero-order valence-electron chi connectivity index (χ0n) is 14.3. The number of aryl methyl sites for hydroxylation is 2. The van der Waals surface area contributed by atoms with E-state index < -0.39 is 0 Å². The maximum atomic E-state index is 13.2. The van der Waals surface area contributed by atoms with Crippen LogP contribution in [-0.4, -0.2) is 14.5 Å². The maximum Gasteiger partial charge on any atom is 0.263 e. The van der Waals surface area contributed by atoms with Crippen molar-refractivity contribution in [2.45, 2.75) is 20.4 Å². The van der Waals surface area contributed by atoms with Gasteiger partial charge in [-0.15, -0.1) is 0 Å². The molecule has 25 heavy (non-hydrogen) atoms. The van der Waals surface area contributed by atoms with E-state index in [2.05, 4.69) is 24.0 Å². The largest absolute Gasteiger partial charge is 0.343 e. The first kappa shape index (κ1) is 15.4. The summed E-state index contributed by atoms with van der Waals surface area (Å²) in [5.74, 6) is 0.684. The maximum absolute atomic E-state index is 13.2. The van der Waals surface area contributed by atoms with Gasteiger partial charge in [0.05, 0.1) is 11.9 Å². The van der Waals surface area contributed by atoms with Crippen molar-refractivity contribution < 1.29 is 0 Å². The molecule has 124 valence electrons. The third-order valence-electron chi connectivity index (χ3n) is 4.50. The van der Waals surface area contributed by atoms with Crippen LogP contribution >= 0.6 is 0 Å². The predicted molar refractivity (Wildman–Crippen MR) is 101 cm³/mol. The molecule has 0 spiro atoms. The van der Waals surface area contributed by atoms with Gasteiger partial charge in [0.15, 0.2) is 0 Å². The van der Waals surface area contributed by atoms with Crippen molar-refractivity contribution in [3.63, 3.8) is 0 Å². The summed E-state index contributed by atoms with van der Waals surface area (Å²) in [5, 5.41) is 0.630. The van der Waals surface area contributed by atoms with Gasteiger partial charge >= 0.3 is 0 Å². The Morgan fingerprint density at radius 3 is 2.48 bits per heavy atom. The van der Waals surface area contributed by atoms with Crippen LogP contribution in [0.3, 0.4) is 0 Å². The summed E-state index contributed by atoms with van der Waals surface area (Å²) in [4.78, 5) is 21.1. The Morgan fingerprint density at radius 2 is 1.72 bits per heavy atom. The molecule has 4 heteroatoms. The monoisotopic (exact) mass is 329 g/mol. The number of hydrogen-bond acceptors (Lipinski definition) is 2. The number of H-pyrrole nitrogens is 1. The molecule has 0 bridgehead atoms. The third-order valence-corrected chi connectivity index (χ3v) is 4.50. The Morgan fingerprint density at radius 1 is 1.00 bits per heavy atom. The quantitative estimate of drug-likeness (QED) is 0.616. The van der Waals surface area contributed by atoms with E-state index in [0.717, 1.165) is 16.8 Å². The highest BCUT2D eigenvalue weighted by Crippen LogP contribution is 2.20.